The second-order valence-corrected chi connectivity index (χ2v) is 5.88. The smallest absolute Gasteiger partial charge is 0.0543 e. The first kappa shape index (κ1) is 13.7. The van der Waals surface area contributed by atoms with E-state index in [0.29, 0.717) is 0 Å². The van der Waals surface area contributed by atoms with Gasteiger partial charge in [0.2, 0.25) is 0 Å². The van der Waals surface area contributed by atoms with E-state index in [1.54, 1.807) is 0 Å². The highest BCUT2D eigenvalue weighted by atomic mass is 15.3. The van der Waals surface area contributed by atoms with E-state index in [2.05, 4.69) is 48.4 Å². The van der Waals surface area contributed by atoms with Crippen LogP contribution in [0.4, 0.5) is 0 Å². The van der Waals surface area contributed by atoms with Gasteiger partial charge in [-0.3, -0.25) is 9.67 Å². The molecule has 4 heteroatoms. The highest BCUT2D eigenvalue weighted by molar-refractivity contribution is 5.13. The highest BCUT2D eigenvalue weighted by Gasteiger charge is 2.13. The summed E-state index contributed by atoms with van der Waals surface area (Å²) in [6, 6.07) is 4.14. The zero-order valence-corrected chi connectivity index (χ0v) is 12.1. The van der Waals surface area contributed by atoms with Crippen LogP contribution in [0.1, 0.15) is 37.6 Å². The SMILES string of the molecule is Cc1ccc(CNCc2cnn(C(C)(C)C)c2)cn1. The maximum absolute atomic E-state index is 4.39. The molecule has 0 fully saturated rings. The maximum atomic E-state index is 4.39. The van der Waals surface area contributed by atoms with Gasteiger partial charge in [0.25, 0.3) is 0 Å². The second kappa shape index (κ2) is 5.53. The topological polar surface area (TPSA) is 42.7 Å². The molecule has 0 unspecified atom stereocenters. The summed E-state index contributed by atoms with van der Waals surface area (Å²) < 4.78 is 2.00. The van der Waals surface area contributed by atoms with Crippen molar-refractivity contribution in [2.75, 3.05) is 0 Å². The van der Waals surface area contributed by atoms with E-state index in [4.69, 9.17) is 0 Å². The van der Waals surface area contributed by atoms with Crippen LogP contribution in [0.5, 0.6) is 0 Å². The molecule has 0 aliphatic heterocycles. The van der Waals surface area contributed by atoms with E-state index in [-0.39, 0.29) is 5.54 Å². The molecule has 0 amide bonds. The van der Waals surface area contributed by atoms with E-state index in [1.807, 2.05) is 30.1 Å². The van der Waals surface area contributed by atoms with Crippen molar-refractivity contribution in [1.29, 1.82) is 0 Å². The first-order chi connectivity index (χ1) is 8.95. The van der Waals surface area contributed by atoms with Crippen molar-refractivity contribution in [2.24, 2.45) is 0 Å². The summed E-state index contributed by atoms with van der Waals surface area (Å²) in [7, 11) is 0. The first-order valence-corrected chi connectivity index (χ1v) is 6.61. The summed E-state index contributed by atoms with van der Waals surface area (Å²) in [5.74, 6) is 0. The zero-order chi connectivity index (χ0) is 13.9. The van der Waals surface area contributed by atoms with Gasteiger partial charge in [-0.2, -0.15) is 5.10 Å². The molecule has 0 atom stereocenters. The van der Waals surface area contributed by atoms with Crippen molar-refractivity contribution >= 4 is 0 Å². The molecule has 0 aromatic carbocycles. The van der Waals surface area contributed by atoms with Gasteiger partial charge >= 0.3 is 0 Å². The van der Waals surface area contributed by atoms with E-state index in [9.17, 15) is 0 Å². The number of hydrogen-bond donors (Lipinski definition) is 1. The number of pyridine rings is 1. The number of aromatic nitrogens is 3. The molecule has 2 rings (SSSR count). The van der Waals surface area contributed by atoms with Crippen LogP contribution in [0.15, 0.2) is 30.7 Å². The minimum absolute atomic E-state index is 0.0408. The number of hydrogen-bond acceptors (Lipinski definition) is 3. The summed E-state index contributed by atoms with van der Waals surface area (Å²) in [4.78, 5) is 4.28. The Kier molecular flexibility index (Phi) is 4.00. The Morgan fingerprint density at radius 1 is 1.11 bits per heavy atom. The van der Waals surface area contributed by atoms with E-state index in [0.717, 1.165) is 18.8 Å². The lowest BCUT2D eigenvalue weighted by molar-refractivity contribution is 0.355. The van der Waals surface area contributed by atoms with Crippen molar-refractivity contribution in [3.63, 3.8) is 0 Å². The van der Waals surface area contributed by atoms with Gasteiger partial charge in [0.1, 0.15) is 0 Å². The van der Waals surface area contributed by atoms with Crippen molar-refractivity contribution in [3.05, 3.63) is 47.5 Å². The summed E-state index contributed by atoms with van der Waals surface area (Å²) in [5.41, 5.74) is 3.50. The van der Waals surface area contributed by atoms with Crippen LogP contribution in [0.2, 0.25) is 0 Å². The van der Waals surface area contributed by atoms with Crippen LogP contribution in [-0.4, -0.2) is 14.8 Å². The first-order valence-electron chi connectivity index (χ1n) is 6.61. The van der Waals surface area contributed by atoms with Crippen molar-refractivity contribution < 1.29 is 0 Å². The lowest BCUT2D eigenvalue weighted by Crippen LogP contribution is -2.22. The van der Waals surface area contributed by atoms with Crippen LogP contribution < -0.4 is 5.32 Å². The summed E-state index contributed by atoms with van der Waals surface area (Å²) >= 11 is 0. The third-order valence-corrected chi connectivity index (χ3v) is 2.95. The summed E-state index contributed by atoms with van der Waals surface area (Å²) in [6.45, 7) is 10.1. The molecule has 0 aliphatic rings. The van der Waals surface area contributed by atoms with Gasteiger partial charge in [-0.15, -0.1) is 0 Å². The fraction of sp³-hybridized carbons (Fsp3) is 0.467. The molecule has 102 valence electrons. The second-order valence-electron chi connectivity index (χ2n) is 5.88. The Morgan fingerprint density at radius 3 is 2.42 bits per heavy atom. The monoisotopic (exact) mass is 258 g/mol. The van der Waals surface area contributed by atoms with Gasteiger partial charge in [-0.05, 0) is 39.3 Å². The van der Waals surface area contributed by atoms with Crippen molar-refractivity contribution in [3.8, 4) is 0 Å². The predicted molar refractivity (Wildman–Crippen MR) is 76.7 cm³/mol. The highest BCUT2D eigenvalue weighted by Crippen LogP contribution is 2.13. The molecule has 0 radical (unpaired) electrons. The molecule has 0 spiro atoms. The molecule has 4 nitrogen and oxygen atoms in total. The number of rotatable bonds is 4. The van der Waals surface area contributed by atoms with Gasteiger partial charge < -0.3 is 5.32 Å². The van der Waals surface area contributed by atoms with Crippen LogP contribution in [0.3, 0.4) is 0 Å². The molecular formula is C15H22N4. The molecule has 0 bridgehead atoms. The van der Waals surface area contributed by atoms with Crippen LogP contribution in [-0.2, 0) is 18.6 Å². The Bertz CT molecular complexity index is 520. The van der Waals surface area contributed by atoms with Gasteiger partial charge in [0.05, 0.1) is 11.7 Å². The van der Waals surface area contributed by atoms with Gasteiger partial charge in [0, 0.05) is 36.7 Å². The zero-order valence-electron chi connectivity index (χ0n) is 12.1. The molecular weight excluding hydrogens is 236 g/mol. The van der Waals surface area contributed by atoms with Crippen molar-refractivity contribution in [2.45, 2.75) is 46.3 Å². The Hall–Kier alpha value is -1.68. The van der Waals surface area contributed by atoms with Crippen LogP contribution in [0.25, 0.3) is 0 Å². The van der Waals surface area contributed by atoms with Crippen molar-refractivity contribution in [1.82, 2.24) is 20.1 Å². The Labute approximate surface area is 114 Å². The molecule has 19 heavy (non-hydrogen) atoms. The largest absolute Gasteiger partial charge is 0.308 e. The van der Waals surface area contributed by atoms with Gasteiger partial charge in [-0.1, -0.05) is 6.07 Å². The third kappa shape index (κ3) is 3.89. The quantitative estimate of drug-likeness (QED) is 0.916. The number of aryl methyl sites for hydroxylation is 1. The lowest BCUT2D eigenvalue weighted by atomic mass is 10.1. The normalized spacial score (nSPS) is 11.8. The van der Waals surface area contributed by atoms with E-state index >= 15 is 0 Å². The Balaban J connectivity index is 1.86. The molecule has 2 heterocycles. The lowest BCUT2D eigenvalue weighted by Gasteiger charge is -2.18. The standard InChI is InChI=1S/C15H22N4/c1-12-5-6-13(9-17-12)7-16-8-14-10-18-19(11-14)15(2,3)4/h5-6,9-11,16H,7-8H2,1-4H3. The van der Waals surface area contributed by atoms with Gasteiger partial charge in [0.15, 0.2) is 0 Å². The van der Waals surface area contributed by atoms with Crippen LogP contribution in [0, 0.1) is 6.92 Å². The van der Waals surface area contributed by atoms with E-state index in [1.165, 1.54) is 11.1 Å². The average molecular weight is 258 g/mol. The summed E-state index contributed by atoms with van der Waals surface area (Å²) in [6.07, 6.45) is 5.94. The third-order valence-electron chi connectivity index (χ3n) is 2.95. The average Bonchev–Trinajstić information content (AvgIpc) is 2.80. The number of nitrogens with one attached hydrogen (secondary N) is 1. The number of nitrogens with zero attached hydrogens (tertiary/aromatic N) is 3. The minimum atomic E-state index is 0.0408. The maximum Gasteiger partial charge on any atom is 0.0543 e. The summed E-state index contributed by atoms with van der Waals surface area (Å²) in [5, 5.41) is 7.80. The molecule has 1 N–H and O–H groups in total. The van der Waals surface area contributed by atoms with E-state index < -0.39 is 0 Å². The molecule has 2 aromatic heterocycles. The minimum Gasteiger partial charge on any atom is -0.308 e. The Morgan fingerprint density at radius 2 is 1.84 bits per heavy atom. The van der Waals surface area contributed by atoms with Crippen LogP contribution >= 0.6 is 0 Å². The fourth-order valence-corrected chi connectivity index (χ4v) is 1.77. The van der Waals surface area contributed by atoms with Gasteiger partial charge in [-0.25, -0.2) is 0 Å². The molecule has 2 aromatic rings. The fourth-order valence-electron chi connectivity index (χ4n) is 1.77. The molecule has 0 aliphatic carbocycles. The molecule has 0 saturated heterocycles. The molecule has 0 saturated carbocycles. The predicted octanol–water partition coefficient (Wildman–Crippen LogP) is 2.63.